The zero-order valence-corrected chi connectivity index (χ0v) is 25.1. The number of anilines is 1. The zero-order chi connectivity index (χ0) is 28.7. The molecule has 1 aromatic heterocycles. The van der Waals surface area contributed by atoms with E-state index in [1.165, 1.54) is 11.3 Å². The summed E-state index contributed by atoms with van der Waals surface area (Å²) in [7, 11) is -0.470. The summed E-state index contributed by atoms with van der Waals surface area (Å²) in [6.45, 7) is 4.21. The van der Waals surface area contributed by atoms with Gasteiger partial charge in [0.15, 0.2) is 0 Å². The lowest BCUT2D eigenvalue weighted by Crippen LogP contribution is -2.50. The predicted octanol–water partition coefficient (Wildman–Crippen LogP) is 3.44. The average molecular weight is 612 g/mol. The number of nitrogens with zero attached hydrogens (tertiary/aromatic N) is 3. The molecule has 0 saturated carbocycles. The fourth-order valence-electron chi connectivity index (χ4n) is 4.81. The molecule has 0 bridgehead atoms. The number of rotatable bonds is 11. The van der Waals surface area contributed by atoms with E-state index in [9.17, 15) is 23.5 Å². The SMILES string of the molecule is CN(CCN1CCS(O)(O)CC1)CC(CNC(=O)c1ccc(N2CCCCC2=O)cc1)NC(=O)c1ccc(Cl)s1. The molecule has 40 heavy (non-hydrogen) atoms. The van der Waals surface area contributed by atoms with E-state index in [0.29, 0.717) is 58.9 Å². The highest BCUT2D eigenvalue weighted by Gasteiger charge is 2.24. The summed E-state index contributed by atoms with van der Waals surface area (Å²) in [5.41, 5.74) is 1.27. The minimum Gasteiger partial charge on any atom is -0.350 e. The van der Waals surface area contributed by atoms with Crippen LogP contribution in [0, 0.1) is 0 Å². The summed E-state index contributed by atoms with van der Waals surface area (Å²) in [4.78, 5) is 44.6. The topological polar surface area (TPSA) is 125 Å². The lowest BCUT2D eigenvalue weighted by molar-refractivity contribution is -0.119. The highest BCUT2D eigenvalue weighted by atomic mass is 35.5. The van der Waals surface area contributed by atoms with Crippen LogP contribution in [0.5, 0.6) is 0 Å². The van der Waals surface area contributed by atoms with Crippen LogP contribution in [0.4, 0.5) is 5.69 Å². The van der Waals surface area contributed by atoms with Crippen molar-refractivity contribution in [2.75, 3.05) is 69.3 Å². The number of carbonyl (C=O) groups excluding carboxylic acids is 3. The number of benzene rings is 1. The lowest BCUT2D eigenvalue weighted by Gasteiger charge is -2.41. The van der Waals surface area contributed by atoms with Gasteiger partial charge in [0.05, 0.1) is 26.8 Å². The van der Waals surface area contributed by atoms with Crippen LogP contribution in [0.1, 0.15) is 39.3 Å². The van der Waals surface area contributed by atoms with E-state index < -0.39 is 10.6 Å². The fraction of sp³-hybridized carbons (Fsp3) is 0.519. The fourth-order valence-corrected chi connectivity index (χ4v) is 7.06. The van der Waals surface area contributed by atoms with Gasteiger partial charge in [-0.1, -0.05) is 11.6 Å². The molecule has 4 N–H and O–H groups in total. The zero-order valence-electron chi connectivity index (χ0n) is 22.7. The number of thiophene rings is 1. The van der Waals surface area contributed by atoms with Crippen LogP contribution in [0.3, 0.4) is 0 Å². The minimum absolute atomic E-state index is 0.106. The molecule has 13 heteroatoms. The number of amides is 3. The quantitative estimate of drug-likeness (QED) is 0.307. The Bertz CT molecular complexity index is 1170. The molecule has 2 aromatic rings. The molecule has 1 atom stereocenters. The largest absolute Gasteiger partial charge is 0.350 e. The summed E-state index contributed by atoms with van der Waals surface area (Å²) in [6, 6.07) is 10.0. The molecule has 0 radical (unpaired) electrons. The Hall–Kier alpha value is -2.19. The second-order valence-electron chi connectivity index (χ2n) is 10.3. The molecule has 0 aliphatic carbocycles. The second kappa shape index (κ2) is 14.1. The van der Waals surface area contributed by atoms with Gasteiger partial charge in [-0.3, -0.25) is 28.4 Å². The summed E-state index contributed by atoms with van der Waals surface area (Å²) < 4.78 is 20.2. The third kappa shape index (κ3) is 8.90. The van der Waals surface area contributed by atoms with E-state index in [1.54, 1.807) is 41.3 Å². The molecule has 10 nitrogen and oxygen atoms in total. The highest BCUT2D eigenvalue weighted by Crippen LogP contribution is 2.40. The number of hydrogen-bond acceptors (Lipinski definition) is 8. The Balaban J connectivity index is 1.33. The maximum absolute atomic E-state index is 13.0. The number of carbonyl (C=O) groups is 3. The first-order valence-corrected chi connectivity index (χ1v) is 16.6. The maximum atomic E-state index is 13.0. The van der Waals surface area contributed by atoms with Gasteiger partial charge in [-0.05, 0) is 56.3 Å². The number of piperidine rings is 1. The van der Waals surface area contributed by atoms with Gasteiger partial charge in [-0.25, -0.2) is 0 Å². The Morgan fingerprint density at radius 1 is 1.07 bits per heavy atom. The maximum Gasteiger partial charge on any atom is 0.261 e. The van der Waals surface area contributed by atoms with Crippen molar-refractivity contribution >= 4 is 56.9 Å². The van der Waals surface area contributed by atoms with Crippen molar-refractivity contribution in [3.05, 3.63) is 51.2 Å². The number of halogens is 1. The molecule has 1 unspecified atom stereocenters. The molecule has 1 aromatic carbocycles. The molecular weight excluding hydrogens is 574 g/mol. The van der Waals surface area contributed by atoms with Gasteiger partial charge in [0.25, 0.3) is 11.8 Å². The molecule has 2 fully saturated rings. The third-order valence-electron chi connectivity index (χ3n) is 7.20. The van der Waals surface area contributed by atoms with Crippen LogP contribution >= 0.6 is 33.5 Å². The second-order valence-corrected chi connectivity index (χ2v) is 14.5. The van der Waals surface area contributed by atoms with Crippen molar-refractivity contribution in [2.24, 2.45) is 0 Å². The molecule has 4 rings (SSSR count). The molecule has 220 valence electrons. The Labute approximate surface area is 246 Å². The third-order valence-corrected chi connectivity index (χ3v) is 10.1. The van der Waals surface area contributed by atoms with Crippen LogP contribution < -0.4 is 15.5 Å². The molecule has 2 aliphatic rings. The van der Waals surface area contributed by atoms with Crippen molar-refractivity contribution in [3.63, 3.8) is 0 Å². The first-order chi connectivity index (χ1) is 19.1. The Morgan fingerprint density at radius 2 is 1.80 bits per heavy atom. The van der Waals surface area contributed by atoms with E-state index in [0.717, 1.165) is 31.6 Å². The Morgan fingerprint density at radius 3 is 2.45 bits per heavy atom. The van der Waals surface area contributed by atoms with Crippen molar-refractivity contribution in [1.29, 1.82) is 0 Å². The van der Waals surface area contributed by atoms with Gasteiger partial charge < -0.3 is 20.4 Å². The van der Waals surface area contributed by atoms with Gasteiger partial charge in [0.2, 0.25) is 5.91 Å². The molecule has 2 aliphatic heterocycles. The number of likely N-dealkylation sites (N-methyl/N-ethyl adjacent to an activating group) is 1. The van der Waals surface area contributed by atoms with Gasteiger partial charge in [0.1, 0.15) is 0 Å². The van der Waals surface area contributed by atoms with Crippen LogP contribution in [-0.2, 0) is 4.79 Å². The lowest BCUT2D eigenvalue weighted by atomic mass is 10.1. The van der Waals surface area contributed by atoms with E-state index in [1.807, 2.05) is 7.05 Å². The van der Waals surface area contributed by atoms with Crippen LogP contribution in [0.25, 0.3) is 0 Å². The van der Waals surface area contributed by atoms with Crippen molar-refractivity contribution in [1.82, 2.24) is 20.4 Å². The minimum atomic E-state index is -2.43. The smallest absolute Gasteiger partial charge is 0.261 e. The van der Waals surface area contributed by atoms with E-state index in [2.05, 4.69) is 20.4 Å². The first kappa shape index (κ1) is 30.8. The average Bonchev–Trinajstić information content (AvgIpc) is 3.38. The molecule has 0 spiro atoms. The predicted molar refractivity (Wildman–Crippen MR) is 162 cm³/mol. The van der Waals surface area contributed by atoms with Gasteiger partial charge >= 0.3 is 0 Å². The molecule has 3 heterocycles. The van der Waals surface area contributed by atoms with Gasteiger partial charge in [0, 0.05) is 63.5 Å². The van der Waals surface area contributed by atoms with Crippen molar-refractivity contribution in [2.45, 2.75) is 25.3 Å². The van der Waals surface area contributed by atoms with Gasteiger partial charge in [-0.2, -0.15) is 10.6 Å². The summed E-state index contributed by atoms with van der Waals surface area (Å²) >= 11 is 7.21. The van der Waals surface area contributed by atoms with Crippen LogP contribution in [0.15, 0.2) is 36.4 Å². The normalized spacial score (nSPS) is 19.3. The van der Waals surface area contributed by atoms with E-state index in [-0.39, 0.29) is 30.3 Å². The molecule has 2 saturated heterocycles. The molecular formula is C27H38ClN5O5S2. The molecule has 3 amide bonds. The monoisotopic (exact) mass is 611 g/mol. The van der Waals surface area contributed by atoms with E-state index in [4.69, 9.17) is 11.6 Å². The summed E-state index contributed by atoms with van der Waals surface area (Å²) in [6.07, 6.45) is 2.43. The van der Waals surface area contributed by atoms with E-state index >= 15 is 0 Å². The number of nitrogens with one attached hydrogen (secondary N) is 2. The van der Waals surface area contributed by atoms with Crippen LogP contribution in [0.2, 0.25) is 4.34 Å². The Kier molecular flexibility index (Phi) is 10.9. The van der Waals surface area contributed by atoms with Gasteiger partial charge in [-0.15, -0.1) is 11.3 Å². The summed E-state index contributed by atoms with van der Waals surface area (Å²) in [5, 5.41) is 5.97. The first-order valence-electron chi connectivity index (χ1n) is 13.5. The highest BCUT2D eigenvalue weighted by molar-refractivity contribution is 8.24. The van der Waals surface area contributed by atoms with Crippen LogP contribution in [-0.4, -0.2) is 107 Å². The van der Waals surface area contributed by atoms with Crippen molar-refractivity contribution < 1.29 is 23.5 Å². The summed E-state index contributed by atoms with van der Waals surface area (Å²) in [5.74, 6) is 0.404. The number of hydrogen-bond donors (Lipinski definition) is 4. The standard InChI is InChI=1S/C27H38ClN5O5S2/c1-31(12-13-32-14-16-40(37,38)17-15-32)19-21(30-27(36)23-9-10-24(28)39-23)18-29-26(35)20-5-7-22(8-6-20)33-11-3-2-4-25(33)34/h5-10,21,37-38H,2-4,11-19H2,1H3,(H,29,35)(H,30,36). The van der Waals surface area contributed by atoms with Crippen molar-refractivity contribution in [3.8, 4) is 0 Å².